The lowest BCUT2D eigenvalue weighted by Gasteiger charge is -2.10. The number of aryl methyl sites for hydroxylation is 1. The highest BCUT2D eigenvalue weighted by molar-refractivity contribution is 7.18. The number of anilines is 2. The van der Waals surface area contributed by atoms with Crippen molar-refractivity contribution in [2.24, 2.45) is 0 Å². The van der Waals surface area contributed by atoms with Crippen LogP contribution in [0.25, 0.3) is 10.2 Å². The van der Waals surface area contributed by atoms with E-state index in [9.17, 15) is 13.2 Å². The molecule has 0 saturated heterocycles. The second-order valence-electron chi connectivity index (χ2n) is 4.01. The van der Waals surface area contributed by atoms with E-state index in [0.717, 1.165) is 15.1 Å². The molecule has 2 heterocycles. The van der Waals surface area contributed by atoms with Crippen molar-refractivity contribution >= 4 is 33.3 Å². The fourth-order valence-electron chi connectivity index (χ4n) is 1.61. The Morgan fingerprint density at radius 2 is 2.05 bits per heavy atom. The molecular formula is C11H13F3N4S. The number of hydrogen-bond donors (Lipinski definition) is 2. The summed E-state index contributed by atoms with van der Waals surface area (Å²) in [6.07, 6.45) is -5.06. The molecule has 0 amide bonds. The number of hydrogen-bond acceptors (Lipinski definition) is 5. The Hall–Kier alpha value is -1.57. The third-order valence-electron chi connectivity index (χ3n) is 2.44. The molecule has 2 aromatic heterocycles. The monoisotopic (exact) mass is 290 g/mol. The molecule has 104 valence electrons. The van der Waals surface area contributed by atoms with Crippen LogP contribution >= 0.6 is 11.3 Å². The fourth-order valence-corrected chi connectivity index (χ4v) is 2.49. The van der Waals surface area contributed by atoms with Gasteiger partial charge in [0.1, 0.15) is 10.6 Å². The van der Waals surface area contributed by atoms with E-state index in [1.165, 1.54) is 11.3 Å². The van der Waals surface area contributed by atoms with E-state index in [4.69, 9.17) is 0 Å². The minimum absolute atomic E-state index is 0.201. The van der Waals surface area contributed by atoms with Crippen molar-refractivity contribution < 1.29 is 13.2 Å². The SMILES string of the molecule is CNc1nc(NCCC(F)(F)F)c2cc(C)sc2n1. The molecule has 2 N–H and O–H groups in total. The van der Waals surface area contributed by atoms with Crippen LogP contribution in [0.15, 0.2) is 6.07 Å². The molecule has 0 saturated carbocycles. The van der Waals surface area contributed by atoms with Crippen molar-refractivity contribution in [3.8, 4) is 0 Å². The number of aromatic nitrogens is 2. The second-order valence-corrected chi connectivity index (χ2v) is 5.25. The molecule has 0 aliphatic heterocycles. The van der Waals surface area contributed by atoms with Gasteiger partial charge < -0.3 is 10.6 Å². The number of rotatable bonds is 4. The smallest absolute Gasteiger partial charge is 0.369 e. The van der Waals surface area contributed by atoms with Gasteiger partial charge in [0.25, 0.3) is 0 Å². The molecule has 2 rings (SSSR count). The molecule has 0 aliphatic rings. The van der Waals surface area contributed by atoms with Crippen molar-refractivity contribution in [3.05, 3.63) is 10.9 Å². The number of nitrogens with zero attached hydrogens (tertiary/aromatic N) is 2. The topological polar surface area (TPSA) is 49.8 Å². The summed E-state index contributed by atoms with van der Waals surface area (Å²) >= 11 is 1.48. The van der Waals surface area contributed by atoms with Gasteiger partial charge in [-0.2, -0.15) is 18.2 Å². The predicted octanol–water partition coefficient (Wildman–Crippen LogP) is 3.41. The summed E-state index contributed by atoms with van der Waals surface area (Å²) in [5.74, 6) is 0.826. The van der Waals surface area contributed by atoms with Crippen LogP contribution in [0.1, 0.15) is 11.3 Å². The number of fused-ring (bicyclic) bond motifs is 1. The van der Waals surface area contributed by atoms with Gasteiger partial charge in [0.05, 0.1) is 11.8 Å². The second kappa shape index (κ2) is 5.20. The summed E-state index contributed by atoms with van der Waals surface area (Å²) < 4.78 is 36.4. The van der Waals surface area contributed by atoms with Crippen LogP contribution in [0.3, 0.4) is 0 Å². The quantitative estimate of drug-likeness (QED) is 0.906. The molecule has 0 aromatic carbocycles. The van der Waals surface area contributed by atoms with E-state index >= 15 is 0 Å². The molecular weight excluding hydrogens is 277 g/mol. The number of thiophene rings is 1. The summed E-state index contributed by atoms with van der Waals surface area (Å²) in [6.45, 7) is 1.72. The molecule has 8 heteroatoms. The third kappa shape index (κ3) is 3.46. The van der Waals surface area contributed by atoms with Gasteiger partial charge in [0.15, 0.2) is 0 Å². The van der Waals surface area contributed by atoms with E-state index in [2.05, 4.69) is 20.6 Å². The zero-order chi connectivity index (χ0) is 14.0. The maximum Gasteiger partial charge on any atom is 0.390 e. The molecule has 0 unspecified atom stereocenters. The van der Waals surface area contributed by atoms with Gasteiger partial charge >= 0.3 is 6.18 Å². The van der Waals surface area contributed by atoms with Crippen LogP contribution in [-0.2, 0) is 0 Å². The molecule has 0 radical (unpaired) electrons. The van der Waals surface area contributed by atoms with Gasteiger partial charge in [0, 0.05) is 18.5 Å². The standard InChI is InChI=1S/C11H13F3N4S/c1-6-5-7-8(16-4-3-11(12,13)14)17-10(15-2)18-9(7)19-6/h5H,3-4H2,1-2H3,(H2,15,16,17,18). The normalized spacial score (nSPS) is 11.8. The summed E-state index contributed by atoms with van der Waals surface area (Å²) in [6, 6.07) is 1.87. The van der Waals surface area contributed by atoms with E-state index in [1.54, 1.807) is 7.05 Å². The number of halogens is 3. The summed E-state index contributed by atoms with van der Waals surface area (Å²) in [4.78, 5) is 10.2. The first-order valence-corrected chi connectivity index (χ1v) is 6.47. The van der Waals surface area contributed by atoms with Gasteiger partial charge in [-0.05, 0) is 13.0 Å². The summed E-state index contributed by atoms with van der Waals surface area (Å²) in [5.41, 5.74) is 0. The number of alkyl halides is 3. The van der Waals surface area contributed by atoms with Crippen molar-refractivity contribution in [1.82, 2.24) is 9.97 Å². The van der Waals surface area contributed by atoms with Crippen LogP contribution in [0.5, 0.6) is 0 Å². The van der Waals surface area contributed by atoms with E-state index < -0.39 is 12.6 Å². The van der Waals surface area contributed by atoms with Gasteiger partial charge in [-0.3, -0.25) is 0 Å². The average molecular weight is 290 g/mol. The molecule has 0 spiro atoms. The minimum atomic E-state index is -4.17. The van der Waals surface area contributed by atoms with Gasteiger partial charge in [-0.25, -0.2) is 4.98 Å². The third-order valence-corrected chi connectivity index (χ3v) is 3.38. The predicted molar refractivity (Wildman–Crippen MR) is 70.9 cm³/mol. The Morgan fingerprint density at radius 1 is 1.32 bits per heavy atom. The van der Waals surface area contributed by atoms with Crippen molar-refractivity contribution in [2.45, 2.75) is 19.5 Å². The zero-order valence-corrected chi connectivity index (χ0v) is 11.2. The average Bonchev–Trinajstić information content (AvgIpc) is 2.67. The van der Waals surface area contributed by atoms with Crippen molar-refractivity contribution in [1.29, 1.82) is 0 Å². The van der Waals surface area contributed by atoms with Gasteiger partial charge in [-0.15, -0.1) is 11.3 Å². The molecule has 19 heavy (non-hydrogen) atoms. The lowest BCUT2D eigenvalue weighted by Crippen LogP contribution is -2.15. The first-order valence-electron chi connectivity index (χ1n) is 5.65. The molecule has 0 aliphatic carbocycles. The zero-order valence-electron chi connectivity index (χ0n) is 10.4. The lowest BCUT2D eigenvalue weighted by molar-refractivity contribution is -0.131. The van der Waals surface area contributed by atoms with Crippen LogP contribution in [0, 0.1) is 6.92 Å². The van der Waals surface area contributed by atoms with Crippen molar-refractivity contribution in [2.75, 3.05) is 24.2 Å². The first-order chi connectivity index (χ1) is 8.89. The van der Waals surface area contributed by atoms with E-state index in [0.29, 0.717) is 11.8 Å². The Labute approximate surface area is 112 Å². The Morgan fingerprint density at radius 3 is 2.68 bits per heavy atom. The van der Waals surface area contributed by atoms with E-state index in [-0.39, 0.29) is 6.54 Å². The van der Waals surface area contributed by atoms with E-state index in [1.807, 2.05) is 13.0 Å². The molecule has 0 fully saturated rings. The fraction of sp³-hybridized carbons (Fsp3) is 0.455. The van der Waals surface area contributed by atoms with Crippen LogP contribution in [0.2, 0.25) is 0 Å². The molecule has 4 nitrogen and oxygen atoms in total. The maximum absolute atomic E-state index is 12.1. The highest BCUT2D eigenvalue weighted by Gasteiger charge is 2.26. The van der Waals surface area contributed by atoms with Gasteiger partial charge in [0.2, 0.25) is 5.95 Å². The lowest BCUT2D eigenvalue weighted by atomic mass is 10.3. The van der Waals surface area contributed by atoms with Gasteiger partial charge in [-0.1, -0.05) is 0 Å². The molecule has 0 atom stereocenters. The van der Waals surface area contributed by atoms with Crippen LogP contribution < -0.4 is 10.6 Å². The van der Waals surface area contributed by atoms with Crippen LogP contribution in [-0.4, -0.2) is 29.7 Å². The highest BCUT2D eigenvalue weighted by Crippen LogP contribution is 2.30. The Bertz CT molecular complexity index is 579. The summed E-state index contributed by atoms with van der Waals surface area (Å²) in [5, 5.41) is 6.28. The number of nitrogens with one attached hydrogen (secondary N) is 2. The molecule has 2 aromatic rings. The highest BCUT2D eigenvalue weighted by atomic mass is 32.1. The maximum atomic E-state index is 12.1. The first kappa shape index (κ1) is 13.9. The van der Waals surface area contributed by atoms with Crippen LogP contribution in [0.4, 0.5) is 24.9 Å². The minimum Gasteiger partial charge on any atom is -0.369 e. The molecule has 0 bridgehead atoms. The van der Waals surface area contributed by atoms with Crippen molar-refractivity contribution in [3.63, 3.8) is 0 Å². The largest absolute Gasteiger partial charge is 0.390 e. The Kier molecular flexibility index (Phi) is 3.79. The summed E-state index contributed by atoms with van der Waals surface area (Å²) in [7, 11) is 1.67. The Balaban J connectivity index is 2.25.